The summed E-state index contributed by atoms with van der Waals surface area (Å²) in [5, 5.41) is 38.2. The minimum atomic E-state index is -0.837. The Hall–Kier alpha value is -1.73. The maximum atomic E-state index is 10.4. The molecule has 0 amide bonds. The molecule has 0 spiro atoms. The third kappa shape index (κ3) is 10.6. The molecule has 0 aromatic carbocycles. The number of rotatable bonds is 13. The average molecular weight is 395 g/mol. The van der Waals surface area contributed by atoms with Crippen molar-refractivity contribution >= 4 is 5.97 Å². The van der Waals surface area contributed by atoms with Crippen LogP contribution in [0.4, 0.5) is 0 Å². The lowest BCUT2D eigenvalue weighted by molar-refractivity contribution is -0.136. The summed E-state index contributed by atoms with van der Waals surface area (Å²) in [7, 11) is 0. The Labute approximate surface area is 167 Å². The molecule has 1 saturated heterocycles. The largest absolute Gasteiger partial charge is 0.481 e. The second-order valence-corrected chi connectivity index (χ2v) is 6.92. The standard InChI is InChI=1S/C22H34O6/c1-2-17(23)14-15-18(24)21-16-19(25)20(28-21)12-10-8-6-4-3-5-7-9-11-13-22(26)27/h3-4,7-10,14-15,17-21,23-25H,2,5-6,11-13,16H2,1H3,(H,26,27)/b4-3-,9-7-,10-8-,15-14+/t17-,18+,19-,20+,21+/m0/s1. The highest BCUT2D eigenvalue weighted by molar-refractivity contribution is 5.66. The van der Waals surface area contributed by atoms with Gasteiger partial charge in [-0.3, -0.25) is 4.79 Å². The van der Waals surface area contributed by atoms with Crippen molar-refractivity contribution in [2.24, 2.45) is 0 Å². The van der Waals surface area contributed by atoms with Gasteiger partial charge in [0, 0.05) is 12.8 Å². The summed E-state index contributed by atoms with van der Waals surface area (Å²) < 4.78 is 5.75. The number of aliphatic hydroxyl groups excluding tert-OH is 3. The molecule has 0 unspecified atom stereocenters. The van der Waals surface area contributed by atoms with Gasteiger partial charge in [0.1, 0.15) is 0 Å². The molecule has 28 heavy (non-hydrogen) atoms. The first kappa shape index (κ1) is 24.3. The molecule has 1 fully saturated rings. The molecule has 6 heteroatoms. The molecule has 4 N–H and O–H groups in total. The summed E-state index contributed by atoms with van der Waals surface area (Å²) >= 11 is 0. The van der Waals surface area contributed by atoms with Gasteiger partial charge in [-0.25, -0.2) is 0 Å². The lowest BCUT2D eigenvalue weighted by Crippen LogP contribution is -2.24. The number of carboxylic acid groups (broad SMARTS) is 1. The fourth-order valence-electron chi connectivity index (χ4n) is 2.79. The minimum absolute atomic E-state index is 0.160. The van der Waals surface area contributed by atoms with Crippen molar-refractivity contribution < 1.29 is 30.0 Å². The van der Waals surface area contributed by atoms with E-state index in [-0.39, 0.29) is 12.5 Å². The Bertz CT molecular complexity index is 551. The van der Waals surface area contributed by atoms with Crippen molar-refractivity contribution in [2.75, 3.05) is 0 Å². The Morgan fingerprint density at radius 2 is 1.71 bits per heavy atom. The number of allylic oxidation sites excluding steroid dienone is 5. The van der Waals surface area contributed by atoms with Crippen molar-refractivity contribution in [3.63, 3.8) is 0 Å². The van der Waals surface area contributed by atoms with Gasteiger partial charge >= 0.3 is 5.97 Å². The monoisotopic (exact) mass is 394 g/mol. The molecule has 0 radical (unpaired) electrons. The summed E-state index contributed by atoms with van der Waals surface area (Å²) in [6, 6.07) is 0. The third-order valence-corrected chi connectivity index (χ3v) is 4.52. The normalized spacial score (nSPS) is 25.5. The van der Waals surface area contributed by atoms with Crippen molar-refractivity contribution in [1.29, 1.82) is 0 Å². The van der Waals surface area contributed by atoms with Gasteiger partial charge in [-0.1, -0.05) is 55.5 Å². The van der Waals surface area contributed by atoms with Crippen molar-refractivity contribution in [3.05, 3.63) is 48.6 Å². The van der Waals surface area contributed by atoms with Crippen molar-refractivity contribution in [3.8, 4) is 0 Å². The molecule has 1 aliphatic heterocycles. The lowest BCUT2D eigenvalue weighted by Gasteiger charge is -2.16. The zero-order valence-corrected chi connectivity index (χ0v) is 16.6. The van der Waals surface area contributed by atoms with Gasteiger partial charge in [0.2, 0.25) is 0 Å². The van der Waals surface area contributed by atoms with Crippen LogP contribution in [0.15, 0.2) is 48.6 Å². The molecule has 1 aliphatic rings. The number of aliphatic carboxylic acids is 1. The minimum Gasteiger partial charge on any atom is -0.481 e. The van der Waals surface area contributed by atoms with Crippen LogP contribution in [0.25, 0.3) is 0 Å². The van der Waals surface area contributed by atoms with Gasteiger partial charge in [0.05, 0.1) is 30.5 Å². The van der Waals surface area contributed by atoms with Crippen LogP contribution >= 0.6 is 0 Å². The van der Waals surface area contributed by atoms with Gasteiger partial charge in [0.25, 0.3) is 0 Å². The fraction of sp³-hybridized carbons (Fsp3) is 0.591. The number of ether oxygens (including phenoxy) is 1. The van der Waals surface area contributed by atoms with Crippen LogP contribution in [0.3, 0.4) is 0 Å². The molecule has 0 saturated carbocycles. The van der Waals surface area contributed by atoms with Crippen LogP contribution in [0.5, 0.6) is 0 Å². The molecule has 1 heterocycles. The molecule has 0 aromatic rings. The molecule has 0 bridgehead atoms. The number of hydrogen-bond acceptors (Lipinski definition) is 5. The van der Waals surface area contributed by atoms with E-state index in [1.807, 2.05) is 43.4 Å². The molecule has 0 aromatic heterocycles. The van der Waals surface area contributed by atoms with Crippen LogP contribution in [0, 0.1) is 0 Å². The van der Waals surface area contributed by atoms with E-state index >= 15 is 0 Å². The predicted octanol–water partition coefficient (Wildman–Crippen LogP) is 2.90. The van der Waals surface area contributed by atoms with E-state index in [2.05, 4.69) is 0 Å². The number of carboxylic acids is 1. The Balaban J connectivity index is 2.23. The van der Waals surface area contributed by atoms with Crippen LogP contribution < -0.4 is 0 Å². The second kappa shape index (κ2) is 14.3. The van der Waals surface area contributed by atoms with E-state index < -0.39 is 30.4 Å². The third-order valence-electron chi connectivity index (χ3n) is 4.52. The number of hydrogen-bond donors (Lipinski definition) is 4. The quantitative estimate of drug-likeness (QED) is 0.358. The first-order valence-corrected chi connectivity index (χ1v) is 9.98. The van der Waals surface area contributed by atoms with Crippen molar-refractivity contribution in [1.82, 2.24) is 0 Å². The van der Waals surface area contributed by atoms with Crippen LogP contribution in [0.2, 0.25) is 0 Å². The summed E-state index contributed by atoms with van der Waals surface area (Å²) in [5.74, 6) is -0.783. The maximum Gasteiger partial charge on any atom is 0.303 e. The number of carbonyl (C=O) groups is 1. The molecule has 6 nitrogen and oxygen atoms in total. The summed E-state index contributed by atoms with van der Waals surface area (Å²) in [6.07, 6.45) is 15.9. The molecular weight excluding hydrogens is 360 g/mol. The SMILES string of the molecule is CC[C@H](O)/C=C/[C@@H](O)[C@H]1C[C@H](O)[C@@H](C/C=C\C/C=C\C/C=C\CCC(=O)O)O1. The first-order chi connectivity index (χ1) is 13.4. The van der Waals surface area contributed by atoms with Gasteiger partial charge < -0.3 is 25.2 Å². The van der Waals surface area contributed by atoms with E-state index in [0.29, 0.717) is 25.7 Å². The molecule has 1 rings (SSSR count). The van der Waals surface area contributed by atoms with Gasteiger partial charge in [-0.2, -0.15) is 0 Å². The summed E-state index contributed by atoms with van der Waals surface area (Å²) in [4.78, 5) is 10.4. The Morgan fingerprint density at radius 1 is 1.07 bits per heavy atom. The van der Waals surface area contributed by atoms with Gasteiger partial charge in [-0.05, 0) is 32.1 Å². The highest BCUT2D eigenvalue weighted by Crippen LogP contribution is 2.26. The van der Waals surface area contributed by atoms with E-state index in [1.54, 1.807) is 6.08 Å². The summed E-state index contributed by atoms with van der Waals surface area (Å²) in [6.45, 7) is 1.86. The van der Waals surface area contributed by atoms with Crippen molar-refractivity contribution in [2.45, 2.75) is 82.4 Å². The van der Waals surface area contributed by atoms with E-state index in [1.165, 1.54) is 6.08 Å². The Morgan fingerprint density at radius 3 is 2.36 bits per heavy atom. The zero-order chi connectivity index (χ0) is 20.8. The van der Waals surface area contributed by atoms with E-state index in [4.69, 9.17) is 9.84 Å². The molecule has 5 atom stereocenters. The second-order valence-electron chi connectivity index (χ2n) is 6.92. The van der Waals surface area contributed by atoms with E-state index in [9.17, 15) is 20.1 Å². The first-order valence-electron chi connectivity index (χ1n) is 9.98. The van der Waals surface area contributed by atoms with Crippen LogP contribution in [0.1, 0.15) is 51.9 Å². The van der Waals surface area contributed by atoms with Gasteiger partial charge in [-0.15, -0.1) is 0 Å². The zero-order valence-electron chi connectivity index (χ0n) is 16.6. The van der Waals surface area contributed by atoms with Crippen LogP contribution in [-0.2, 0) is 9.53 Å². The van der Waals surface area contributed by atoms with Gasteiger partial charge in [0.15, 0.2) is 0 Å². The predicted molar refractivity (Wildman–Crippen MR) is 109 cm³/mol. The molecular formula is C22H34O6. The highest BCUT2D eigenvalue weighted by atomic mass is 16.5. The van der Waals surface area contributed by atoms with Crippen LogP contribution in [-0.4, -0.2) is 56.9 Å². The lowest BCUT2D eigenvalue weighted by atomic mass is 10.0. The average Bonchev–Trinajstić information content (AvgIpc) is 3.04. The maximum absolute atomic E-state index is 10.4. The molecule has 0 aliphatic carbocycles. The Kier molecular flexibility index (Phi) is 12.4. The number of aliphatic hydroxyl groups is 3. The fourth-order valence-corrected chi connectivity index (χ4v) is 2.79. The highest BCUT2D eigenvalue weighted by Gasteiger charge is 2.36. The topological polar surface area (TPSA) is 107 Å². The van der Waals surface area contributed by atoms with E-state index in [0.717, 1.165) is 12.8 Å². The molecule has 158 valence electrons. The summed E-state index contributed by atoms with van der Waals surface area (Å²) in [5.41, 5.74) is 0. The smallest absolute Gasteiger partial charge is 0.303 e.